The second kappa shape index (κ2) is 9.12. The van der Waals surface area contributed by atoms with Crippen molar-refractivity contribution in [3.8, 4) is 11.5 Å². The number of carbonyl (C=O) groups is 1. The zero-order chi connectivity index (χ0) is 24.7. The first kappa shape index (κ1) is 24.4. The van der Waals surface area contributed by atoms with Crippen molar-refractivity contribution in [1.29, 1.82) is 0 Å². The maximum atomic E-state index is 13.0. The minimum absolute atomic E-state index is 0.0416. The number of nitrogens with zero attached hydrogens (tertiary/aromatic N) is 3. The highest BCUT2D eigenvalue weighted by atomic mass is 32.2. The summed E-state index contributed by atoms with van der Waals surface area (Å²) in [5.74, 6) is -0.228. The van der Waals surface area contributed by atoms with Crippen LogP contribution in [0.5, 0.6) is 0 Å². The summed E-state index contributed by atoms with van der Waals surface area (Å²) in [6.45, 7) is 4.87. The predicted octanol–water partition coefficient (Wildman–Crippen LogP) is 4.74. The molecular weight excluding hydrogens is 493 g/mol. The number of amides is 1. The first-order chi connectivity index (χ1) is 15.9. The number of nitrogens with one attached hydrogen (secondary N) is 1. The third kappa shape index (κ3) is 5.15. The molecule has 1 aliphatic heterocycles. The number of rotatable bonds is 5. The normalized spacial score (nSPS) is 19.8. The molecule has 1 amide bonds. The van der Waals surface area contributed by atoms with Gasteiger partial charge in [0.15, 0.2) is 0 Å². The number of hydrogen-bond acceptors (Lipinski definition) is 7. The van der Waals surface area contributed by atoms with Crippen LogP contribution in [0.1, 0.15) is 35.5 Å². The van der Waals surface area contributed by atoms with E-state index in [1.54, 1.807) is 0 Å². The highest BCUT2D eigenvalue weighted by Gasteiger charge is 2.33. The summed E-state index contributed by atoms with van der Waals surface area (Å²) in [5.41, 5.74) is -0.572. The van der Waals surface area contributed by atoms with Gasteiger partial charge in [-0.15, -0.1) is 16.4 Å². The van der Waals surface area contributed by atoms with Gasteiger partial charge in [0.25, 0.3) is 5.91 Å². The molecule has 34 heavy (non-hydrogen) atoms. The quantitative estimate of drug-likeness (QED) is 0.528. The molecule has 1 fully saturated rings. The van der Waals surface area contributed by atoms with Gasteiger partial charge >= 0.3 is 12.2 Å². The molecule has 4 rings (SSSR count). The molecule has 13 heteroatoms. The molecular formula is C21H21F3N4O4S2. The lowest BCUT2D eigenvalue weighted by molar-refractivity contribution is -0.137. The average Bonchev–Trinajstić information content (AvgIpc) is 3.43. The molecule has 0 radical (unpaired) electrons. The van der Waals surface area contributed by atoms with Gasteiger partial charge in [-0.1, -0.05) is 18.9 Å². The SMILES string of the molecule is C[C@@H]1C[C@@H](C)CN(S(=O)(=O)c2csc(C(=O)Nc3nnc(-c4ccc(C(F)(F)F)cc4)o3)c2)C1. The van der Waals surface area contributed by atoms with Gasteiger partial charge < -0.3 is 4.42 Å². The number of alkyl halides is 3. The Balaban J connectivity index is 1.45. The van der Waals surface area contributed by atoms with E-state index >= 15 is 0 Å². The predicted molar refractivity (Wildman–Crippen MR) is 119 cm³/mol. The van der Waals surface area contributed by atoms with Crippen LogP contribution in [-0.2, 0) is 16.2 Å². The van der Waals surface area contributed by atoms with Crippen molar-refractivity contribution in [2.45, 2.75) is 31.3 Å². The molecule has 2 aromatic heterocycles. The molecule has 3 aromatic rings. The Hall–Kier alpha value is -2.77. The lowest BCUT2D eigenvalue weighted by Gasteiger charge is -2.33. The Labute approximate surface area is 197 Å². The van der Waals surface area contributed by atoms with Crippen molar-refractivity contribution in [2.24, 2.45) is 11.8 Å². The number of aromatic nitrogens is 2. The van der Waals surface area contributed by atoms with Crippen LogP contribution in [0.15, 0.2) is 45.0 Å². The van der Waals surface area contributed by atoms with Crippen LogP contribution in [0.3, 0.4) is 0 Å². The summed E-state index contributed by atoms with van der Waals surface area (Å²) in [6, 6.07) is 5.16. The minimum Gasteiger partial charge on any atom is -0.403 e. The summed E-state index contributed by atoms with van der Waals surface area (Å²) in [6.07, 6.45) is -3.51. The Morgan fingerprint density at radius 2 is 1.79 bits per heavy atom. The standard InChI is InChI=1S/C21H21F3N4O4S2/c1-12-7-13(2)10-28(9-12)34(30,31)16-8-17(33-11-16)18(29)25-20-27-26-19(32-20)14-3-5-15(6-4-14)21(22,23)24/h3-6,8,11-13H,7,9-10H2,1-2H3,(H,25,27,29)/t12-,13-/m1/s1. The fourth-order valence-corrected chi connectivity index (χ4v) is 6.71. The van der Waals surface area contributed by atoms with E-state index in [1.165, 1.54) is 27.9 Å². The number of halogens is 3. The highest BCUT2D eigenvalue weighted by molar-refractivity contribution is 7.89. The van der Waals surface area contributed by atoms with Crippen LogP contribution in [0.2, 0.25) is 0 Å². The number of hydrogen-bond donors (Lipinski definition) is 1. The molecule has 2 atom stereocenters. The molecule has 0 spiro atoms. The lowest BCUT2D eigenvalue weighted by Crippen LogP contribution is -2.42. The Bertz CT molecular complexity index is 1280. The van der Waals surface area contributed by atoms with Crippen LogP contribution in [0, 0.1) is 11.8 Å². The average molecular weight is 515 g/mol. The Morgan fingerprint density at radius 3 is 2.41 bits per heavy atom. The van der Waals surface area contributed by atoms with Gasteiger partial charge in [0, 0.05) is 24.0 Å². The highest BCUT2D eigenvalue weighted by Crippen LogP contribution is 2.32. The van der Waals surface area contributed by atoms with Gasteiger partial charge in [-0.25, -0.2) is 8.42 Å². The van der Waals surface area contributed by atoms with Crippen LogP contribution in [-0.4, -0.2) is 41.9 Å². The van der Waals surface area contributed by atoms with Crippen molar-refractivity contribution in [3.63, 3.8) is 0 Å². The summed E-state index contributed by atoms with van der Waals surface area (Å²) >= 11 is 0.962. The smallest absolute Gasteiger partial charge is 0.403 e. The van der Waals surface area contributed by atoms with Crippen LogP contribution in [0.4, 0.5) is 19.2 Å². The van der Waals surface area contributed by atoms with Crippen molar-refractivity contribution in [2.75, 3.05) is 18.4 Å². The van der Waals surface area contributed by atoms with Gasteiger partial charge in [0.2, 0.25) is 15.9 Å². The van der Waals surface area contributed by atoms with Gasteiger partial charge in [-0.3, -0.25) is 10.1 Å². The van der Waals surface area contributed by atoms with E-state index in [0.717, 1.165) is 29.9 Å². The molecule has 8 nitrogen and oxygen atoms in total. The van der Waals surface area contributed by atoms with Crippen molar-refractivity contribution >= 4 is 33.3 Å². The molecule has 1 aromatic carbocycles. The Morgan fingerprint density at radius 1 is 1.15 bits per heavy atom. The molecule has 0 unspecified atom stereocenters. The van der Waals surface area contributed by atoms with E-state index in [2.05, 4.69) is 15.5 Å². The monoisotopic (exact) mass is 514 g/mol. The summed E-state index contributed by atoms with van der Waals surface area (Å²) in [7, 11) is -3.73. The second-order valence-corrected chi connectivity index (χ2v) is 11.2. The van der Waals surface area contributed by atoms with E-state index in [0.29, 0.717) is 13.1 Å². The van der Waals surface area contributed by atoms with Crippen LogP contribution < -0.4 is 5.32 Å². The van der Waals surface area contributed by atoms with E-state index in [-0.39, 0.29) is 39.1 Å². The number of thiophene rings is 1. The molecule has 3 heterocycles. The number of carbonyl (C=O) groups excluding carboxylic acids is 1. The minimum atomic E-state index is -4.47. The third-order valence-electron chi connectivity index (χ3n) is 5.38. The first-order valence-electron chi connectivity index (χ1n) is 10.3. The molecule has 182 valence electrons. The molecule has 1 saturated heterocycles. The number of benzene rings is 1. The van der Waals surface area contributed by atoms with E-state index < -0.39 is 27.7 Å². The maximum absolute atomic E-state index is 13.0. The summed E-state index contributed by atoms with van der Waals surface area (Å²) in [5, 5.41) is 11.2. The van der Waals surface area contributed by atoms with Gasteiger partial charge in [0.1, 0.15) is 0 Å². The molecule has 0 bridgehead atoms. The van der Waals surface area contributed by atoms with Crippen molar-refractivity contribution in [3.05, 3.63) is 46.2 Å². The third-order valence-corrected chi connectivity index (χ3v) is 8.26. The fraction of sp³-hybridized carbons (Fsp3) is 0.381. The summed E-state index contributed by atoms with van der Waals surface area (Å²) in [4.78, 5) is 12.7. The van der Waals surface area contributed by atoms with Gasteiger partial charge in [-0.05, 0) is 48.6 Å². The largest absolute Gasteiger partial charge is 0.416 e. The van der Waals surface area contributed by atoms with E-state index in [9.17, 15) is 26.4 Å². The van der Waals surface area contributed by atoms with Crippen LogP contribution >= 0.6 is 11.3 Å². The van der Waals surface area contributed by atoms with E-state index in [1.807, 2.05) is 13.8 Å². The topological polar surface area (TPSA) is 105 Å². The summed E-state index contributed by atoms with van der Waals surface area (Å²) < 4.78 is 70.9. The van der Waals surface area contributed by atoms with E-state index in [4.69, 9.17) is 4.42 Å². The van der Waals surface area contributed by atoms with Gasteiger partial charge in [0.05, 0.1) is 15.3 Å². The molecule has 1 aliphatic rings. The number of anilines is 1. The molecule has 0 aliphatic carbocycles. The Kier molecular flexibility index (Phi) is 6.53. The zero-order valence-electron chi connectivity index (χ0n) is 18.2. The number of piperidine rings is 1. The van der Waals surface area contributed by atoms with Crippen LogP contribution in [0.25, 0.3) is 11.5 Å². The van der Waals surface area contributed by atoms with Crippen molar-refractivity contribution < 1.29 is 30.8 Å². The molecule has 0 saturated carbocycles. The van der Waals surface area contributed by atoms with Crippen molar-refractivity contribution in [1.82, 2.24) is 14.5 Å². The zero-order valence-corrected chi connectivity index (χ0v) is 19.8. The number of sulfonamides is 1. The molecule has 1 N–H and O–H groups in total. The second-order valence-electron chi connectivity index (χ2n) is 8.36. The fourth-order valence-electron chi connectivity index (χ4n) is 3.88. The first-order valence-corrected chi connectivity index (χ1v) is 12.7. The maximum Gasteiger partial charge on any atom is 0.416 e. The van der Waals surface area contributed by atoms with Gasteiger partial charge in [-0.2, -0.15) is 17.5 Å². The lowest BCUT2D eigenvalue weighted by atomic mass is 9.94.